The quantitative estimate of drug-likeness (QED) is 0.733. The number of esters is 1. The summed E-state index contributed by atoms with van der Waals surface area (Å²) >= 11 is 0. The Morgan fingerprint density at radius 2 is 1.92 bits per heavy atom. The van der Waals surface area contributed by atoms with Crippen molar-refractivity contribution >= 4 is 16.9 Å². The van der Waals surface area contributed by atoms with E-state index in [2.05, 4.69) is 0 Å². The second-order valence-electron chi connectivity index (χ2n) is 5.46. The van der Waals surface area contributed by atoms with Gasteiger partial charge >= 0.3 is 5.97 Å². The van der Waals surface area contributed by atoms with Gasteiger partial charge in [0.25, 0.3) is 0 Å². The van der Waals surface area contributed by atoms with Gasteiger partial charge in [0.1, 0.15) is 18.1 Å². The summed E-state index contributed by atoms with van der Waals surface area (Å²) in [4.78, 5) is 12.1. The van der Waals surface area contributed by atoms with Gasteiger partial charge in [-0.05, 0) is 23.8 Å². The number of rotatable bonds is 5. The van der Waals surface area contributed by atoms with Crippen molar-refractivity contribution in [3.8, 4) is 16.9 Å². The number of hydrogen-bond acceptors (Lipinski definition) is 4. The van der Waals surface area contributed by atoms with E-state index < -0.39 is 0 Å². The van der Waals surface area contributed by atoms with Crippen LogP contribution in [-0.2, 0) is 11.8 Å². The molecule has 2 aromatic carbocycles. The predicted octanol–water partition coefficient (Wildman–Crippen LogP) is 2.97. The molecule has 0 fully saturated rings. The highest BCUT2D eigenvalue weighted by Gasteiger charge is 2.19. The lowest BCUT2D eigenvalue weighted by atomic mass is 10.0. The smallest absolute Gasteiger partial charge is 0.354 e. The van der Waals surface area contributed by atoms with Crippen LogP contribution in [0.2, 0.25) is 0 Å². The number of aryl methyl sites for hydroxylation is 1. The molecular weight excluding hydrogens is 304 g/mol. The normalized spacial score (nSPS) is 10.8. The second-order valence-corrected chi connectivity index (χ2v) is 5.46. The number of carbonyl (C=O) groups is 1. The molecule has 0 saturated carbocycles. The van der Waals surface area contributed by atoms with Crippen molar-refractivity contribution in [2.75, 3.05) is 20.3 Å². The Morgan fingerprint density at radius 1 is 1.17 bits per heavy atom. The van der Waals surface area contributed by atoms with E-state index in [1.807, 2.05) is 54.1 Å². The summed E-state index contributed by atoms with van der Waals surface area (Å²) in [6, 6.07) is 15.8. The standard InChI is InChI=1S/C19H20N2O3/c1-21-16(19(22)23-2)12-15-17(24-11-10-20)9-8-14(18(15)21)13-6-4-3-5-7-13/h3-9,12H,10-11,20H2,1-2H3. The van der Waals surface area contributed by atoms with Crippen LogP contribution < -0.4 is 10.5 Å². The van der Waals surface area contributed by atoms with Crippen LogP contribution in [-0.4, -0.2) is 30.8 Å². The maximum absolute atomic E-state index is 12.1. The van der Waals surface area contributed by atoms with Crippen molar-refractivity contribution in [1.82, 2.24) is 4.57 Å². The van der Waals surface area contributed by atoms with Gasteiger partial charge < -0.3 is 19.8 Å². The molecule has 0 aliphatic rings. The van der Waals surface area contributed by atoms with Gasteiger partial charge in [-0.15, -0.1) is 0 Å². The largest absolute Gasteiger partial charge is 0.492 e. The highest BCUT2D eigenvalue weighted by Crippen LogP contribution is 2.36. The van der Waals surface area contributed by atoms with Gasteiger partial charge in [-0.1, -0.05) is 30.3 Å². The highest BCUT2D eigenvalue weighted by molar-refractivity contribution is 6.03. The third kappa shape index (κ3) is 2.74. The highest BCUT2D eigenvalue weighted by atomic mass is 16.5. The first-order valence-corrected chi connectivity index (χ1v) is 7.76. The minimum atomic E-state index is -0.377. The molecule has 0 spiro atoms. The molecule has 3 aromatic rings. The van der Waals surface area contributed by atoms with Crippen molar-refractivity contribution in [2.24, 2.45) is 12.8 Å². The summed E-state index contributed by atoms with van der Waals surface area (Å²) in [7, 11) is 3.23. The van der Waals surface area contributed by atoms with Gasteiger partial charge in [0, 0.05) is 24.5 Å². The van der Waals surface area contributed by atoms with Crippen LogP contribution in [0.3, 0.4) is 0 Å². The van der Waals surface area contributed by atoms with E-state index in [4.69, 9.17) is 15.2 Å². The van der Waals surface area contributed by atoms with E-state index in [9.17, 15) is 4.79 Å². The molecule has 0 saturated heterocycles. The first kappa shape index (κ1) is 16.1. The summed E-state index contributed by atoms with van der Waals surface area (Å²) in [5.41, 5.74) is 9.05. The number of nitrogens with two attached hydrogens (primary N) is 1. The minimum absolute atomic E-state index is 0.377. The molecule has 5 heteroatoms. The van der Waals surface area contributed by atoms with Gasteiger partial charge in [0.15, 0.2) is 0 Å². The van der Waals surface area contributed by atoms with Gasteiger partial charge in [-0.2, -0.15) is 0 Å². The van der Waals surface area contributed by atoms with Crippen LogP contribution >= 0.6 is 0 Å². The first-order valence-electron chi connectivity index (χ1n) is 7.76. The van der Waals surface area contributed by atoms with Crippen LogP contribution in [0.5, 0.6) is 5.75 Å². The average molecular weight is 324 g/mol. The molecule has 24 heavy (non-hydrogen) atoms. The van der Waals surface area contributed by atoms with E-state index >= 15 is 0 Å². The molecule has 0 radical (unpaired) electrons. The summed E-state index contributed by atoms with van der Waals surface area (Å²) in [5, 5.41) is 0.868. The van der Waals surface area contributed by atoms with Crippen molar-refractivity contribution in [3.05, 3.63) is 54.2 Å². The Kier molecular flexibility index (Phi) is 4.53. The third-order valence-corrected chi connectivity index (χ3v) is 4.01. The van der Waals surface area contributed by atoms with Crippen LogP contribution in [0.15, 0.2) is 48.5 Å². The van der Waals surface area contributed by atoms with E-state index in [1.54, 1.807) is 6.07 Å². The lowest BCUT2D eigenvalue weighted by molar-refractivity contribution is 0.0590. The van der Waals surface area contributed by atoms with Crippen LogP contribution in [0, 0.1) is 0 Å². The van der Waals surface area contributed by atoms with Gasteiger partial charge in [0.05, 0.1) is 12.6 Å². The summed E-state index contributed by atoms with van der Waals surface area (Å²) in [6.07, 6.45) is 0. The molecule has 1 aromatic heterocycles. The number of hydrogen-bond donors (Lipinski definition) is 1. The summed E-state index contributed by atoms with van der Waals surface area (Å²) < 4.78 is 12.5. The first-order chi connectivity index (χ1) is 11.7. The zero-order valence-electron chi connectivity index (χ0n) is 13.8. The summed E-state index contributed by atoms with van der Waals surface area (Å²) in [5.74, 6) is 0.332. The lowest BCUT2D eigenvalue weighted by Crippen LogP contribution is -2.10. The molecule has 1 heterocycles. The van der Waals surface area contributed by atoms with E-state index in [-0.39, 0.29) is 5.97 Å². The lowest BCUT2D eigenvalue weighted by Gasteiger charge is -2.11. The van der Waals surface area contributed by atoms with Gasteiger partial charge in [-0.3, -0.25) is 0 Å². The summed E-state index contributed by atoms with van der Waals surface area (Å²) in [6.45, 7) is 0.848. The van der Waals surface area contributed by atoms with E-state index in [0.717, 1.165) is 22.0 Å². The number of aromatic nitrogens is 1. The van der Waals surface area contributed by atoms with Crippen LogP contribution in [0.1, 0.15) is 10.5 Å². The Labute approximate surface area is 140 Å². The number of methoxy groups -OCH3 is 1. The molecule has 2 N–H and O–H groups in total. The number of ether oxygens (including phenoxy) is 2. The number of carbonyl (C=O) groups excluding carboxylic acids is 1. The molecule has 0 amide bonds. The van der Waals surface area contributed by atoms with Crippen LogP contribution in [0.25, 0.3) is 22.0 Å². The predicted molar refractivity (Wildman–Crippen MR) is 94.2 cm³/mol. The van der Waals surface area contributed by atoms with Crippen molar-refractivity contribution in [1.29, 1.82) is 0 Å². The molecule has 0 aliphatic heterocycles. The van der Waals surface area contributed by atoms with Gasteiger partial charge in [0.2, 0.25) is 0 Å². The molecular formula is C19H20N2O3. The molecule has 0 bridgehead atoms. The molecule has 5 nitrogen and oxygen atoms in total. The van der Waals surface area contributed by atoms with Gasteiger partial charge in [-0.25, -0.2) is 4.79 Å². The zero-order chi connectivity index (χ0) is 17.1. The zero-order valence-corrected chi connectivity index (χ0v) is 13.8. The Hall–Kier alpha value is -2.79. The third-order valence-electron chi connectivity index (χ3n) is 4.01. The molecule has 3 rings (SSSR count). The fraction of sp³-hybridized carbons (Fsp3) is 0.211. The van der Waals surface area contributed by atoms with Crippen molar-refractivity contribution in [3.63, 3.8) is 0 Å². The molecule has 0 atom stereocenters. The maximum Gasteiger partial charge on any atom is 0.354 e. The topological polar surface area (TPSA) is 66.5 Å². The fourth-order valence-electron chi connectivity index (χ4n) is 2.89. The Bertz CT molecular complexity index is 869. The average Bonchev–Trinajstić information content (AvgIpc) is 2.98. The van der Waals surface area contributed by atoms with E-state index in [1.165, 1.54) is 7.11 Å². The number of fused-ring (bicyclic) bond motifs is 1. The maximum atomic E-state index is 12.1. The molecule has 0 aliphatic carbocycles. The Balaban J connectivity index is 2.27. The second kappa shape index (κ2) is 6.76. The fourth-order valence-corrected chi connectivity index (χ4v) is 2.89. The molecule has 0 unspecified atom stereocenters. The molecule has 124 valence electrons. The SMILES string of the molecule is COC(=O)c1cc2c(OCCN)ccc(-c3ccccc3)c2n1C. The minimum Gasteiger partial charge on any atom is -0.492 e. The van der Waals surface area contributed by atoms with Crippen LogP contribution in [0.4, 0.5) is 0 Å². The monoisotopic (exact) mass is 324 g/mol. The van der Waals surface area contributed by atoms with Crippen molar-refractivity contribution in [2.45, 2.75) is 0 Å². The van der Waals surface area contributed by atoms with Crippen molar-refractivity contribution < 1.29 is 14.3 Å². The Morgan fingerprint density at radius 3 is 2.58 bits per heavy atom. The number of nitrogens with zero attached hydrogens (tertiary/aromatic N) is 1. The van der Waals surface area contributed by atoms with E-state index in [0.29, 0.717) is 24.6 Å². The number of benzene rings is 2.